The first-order chi connectivity index (χ1) is 11.6. The van der Waals surface area contributed by atoms with Crippen LogP contribution < -0.4 is 9.47 Å². The average molecular weight is 318 g/mol. The molecule has 0 aliphatic heterocycles. The summed E-state index contributed by atoms with van der Waals surface area (Å²) in [6.45, 7) is 3.93. The summed E-state index contributed by atoms with van der Waals surface area (Å²) in [6.07, 6.45) is 1.80. The molecule has 1 aromatic heterocycles. The quantitative estimate of drug-likeness (QED) is 0.707. The number of aromatic nitrogens is 1. The summed E-state index contributed by atoms with van der Waals surface area (Å²) in [5, 5.41) is 11.0. The predicted octanol–water partition coefficient (Wildman–Crippen LogP) is 4.57. The number of rotatable bonds is 4. The summed E-state index contributed by atoms with van der Waals surface area (Å²) < 4.78 is 11.4. The van der Waals surface area contributed by atoms with Crippen molar-refractivity contribution in [2.45, 2.75) is 20.0 Å². The molecule has 120 valence electrons. The Bertz CT molecular complexity index is 927. The van der Waals surface area contributed by atoms with E-state index in [-0.39, 0.29) is 6.10 Å². The third-order valence-corrected chi connectivity index (χ3v) is 3.71. The van der Waals surface area contributed by atoms with Crippen LogP contribution in [0.1, 0.15) is 19.4 Å². The lowest BCUT2D eigenvalue weighted by atomic mass is 9.99. The lowest BCUT2D eigenvalue weighted by Gasteiger charge is -2.16. The van der Waals surface area contributed by atoms with Gasteiger partial charge in [-0.05, 0) is 37.6 Å². The van der Waals surface area contributed by atoms with E-state index in [4.69, 9.17) is 14.7 Å². The maximum atomic E-state index is 9.14. The van der Waals surface area contributed by atoms with Crippen molar-refractivity contribution in [3.8, 4) is 28.8 Å². The van der Waals surface area contributed by atoms with Gasteiger partial charge in [0.15, 0.2) is 0 Å². The van der Waals surface area contributed by atoms with Gasteiger partial charge >= 0.3 is 0 Å². The number of benzene rings is 2. The van der Waals surface area contributed by atoms with E-state index in [9.17, 15) is 0 Å². The zero-order chi connectivity index (χ0) is 17.1. The summed E-state index contributed by atoms with van der Waals surface area (Å²) >= 11 is 0. The maximum absolute atomic E-state index is 9.14. The molecular weight excluding hydrogens is 300 g/mol. The Hall–Kier alpha value is -3.06. The zero-order valence-corrected chi connectivity index (χ0v) is 13.9. The Kier molecular flexibility index (Phi) is 4.35. The molecule has 0 bridgehead atoms. The fourth-order valence-electron chi connectivity index (χ4n) is 2.70. The number of methoxy groups -OCH3 is 1. The van der Waals surface area contributed by atoms with Gasteiger partial charge in [-0.25, -0.2) is 4.98 Å². The van der Waals surface area contributed by atoms with E-state index in [1.807, 2.05) is 50.2 Å². The van der Waals surface area contributed by atoms with Crippen LogP contribution in [-0.2, 0) is 0 Å². The number of pyridine rings is 1. The lowest BCUT2D eigenvalue weighted by molar-refractivity contribution is 0.235. The number of hydrogen-bond donors (Lipinski definition) is 0. The van der Waals surface area contributed by atoms with E-state index in [0.717, 1.165) is 21.9 Å². The molecule has 0 aliphatic carbocycles. The Morgan fingerprint density at radius 3 is 2.62 bits per heavy atom. The van der Waals surface area contributed by atoms with Crippen molar-refractivity contribution in [3.63, 3.8) is 0 Å². The summed E-state index contributed by atoms with van der Waals surface area (Å²) in [4.78, 5) is 4.50. The molecule has 0 spiro atoms. The van der Waals surface area contributed by atoms with Crippen LogP contribution in [0.5, 0.6) is 11.6 Å². The van der Waals surface area contributed by atoms with Crippen LogP contribution in [0.3, 0.4) is 0 Å². The van der Waals surface area contributed by atoms with Crippen molar-refractivity contribution >= 4 is 10.8 Å². The fraction of sp³-hybridized carbons (Fsp3) is 0.200. The predicted molar refractivity (Wildman–Crippen MR) is 94.2 cm³/mol. The summed E-state index contributed by atoms with van der Waals surface area (Å²) in [5.74, 6) is 1.27. The molecule has 3 rings (SSSR count). The second-order valence-electron chi connectivity index (χ2n) is 5.72. The molecule has 0 saturated carbocycles. The third kappa shape index (κ3) is 2.89. The molecular formula is C20H18N2O2. The molecule has 0 unspecified atom stereocenters. The van der Waals surface area contributed by atoms with Crippen molar-refractivity contribution < 1.29 is 9.47 Å². The Morgan fingerprint density at radius 1 is 1.12 bits per heavy atom. The van der Waals surface area contributed by atoms with Crippen molar-refractivity contribution in [2.24, 2.45) is 0 Å². The fourth-order valence-corrected chi connectivity index (χ4v) is 2.70. The first kappa shape index (κ1) is 15.8. The van der Waals surface area contributed by atoms with Crippen molar-refractivity contribution in [1.29, 1.82) is 5.26 Å². The van der Waals surface area contributed by atoms with Gasteiger partial charge in [-0.15, -0.1) is 0 Å². The van der Waals surface area contributed by atoms with Gasteiger partial charge in [0, 0.05) is 17.1 Å². The number of nitrogens with zero attached hydrogens (tertiary/aromatic N) is 2. The van der Waals surface area contributed by atoms with E-state index in [1.54, 1.807) is 19.4 Å². The first-order valence-electron chi connectivity index (χ1n) is 7.77. The molecule has 0 fully saturated rings. The van der Waals surface area contributed by atoms with Crippen molar-refractivity contribution in [1.82, 2.24) is 4.98 Å². The molecule has 1 heterocycles. The van der Waals surface area contributed by atoms with Gasteiger partial charge < -0.3 is 9.47 Å². The topological polar surface area (TPSA) is 55.1 Å². The monoisotopic (exact) mass is 318 g/mol. The highest BCUT2D eigenvalue weighted by atomic mass is 16.5. The second kappa shape index (κ2) is 6.59. The van der Waals surface area contributed by atoms with Crippen LogP contribution in [0.2, 0.25) is 0 Å². The molecule has 0 radical (unpaired) electrons. The van der Waals surface area contributed by atoms with Crippen LogP contribution >= 0.6 is 0 Å². The van der Waals surface area contributed by atoms with Gasteiger partial charge in [-0.3, -0.25) is 0 Å². The zero-order valence-electron chi connectivity index (χ0n) is 13.9. The molecule has 24 heavy (non-hydrogen) atoms. The van der Waals surface area contributed by atoms with Crippen LogP contribution in [0.15, 0.2) is 48.7 Å². The smallest absolute Gasteiger partial charge is 0.225 e. The first-order valence-corrected chi connectivity index (χ1v) is 7.77. The average Bonchev–Trinajstić information content (AvgIpc) is 2.61. The van der Waals surface area contributed by atoms with Crippen LogP contribution in [0.4, 0.5) is 0 Å². The minimum Gasteiger partial charge on any atom is -0.496 e. The second-order valence-corrected chi connectivity index (χ2v) is 5.72. The molecule has 0 saturated heterocycles. The standard InChI is InChI=1S/C20H18N2O2/c1-13(2)24-20-19-16(8-5-9-18(19)23-3)17(12-22-20)15-7-4-6-14(10-15)11-21/h4-10,12-13H,1-3H3. The maximum Gasteiger partial charge on any atom is 0.225 e. The highest BCUT2D eigenvalue weighted by molar-refractivity contribution is 6.02. The molecule has 0 atom stereocenters. The summed E-state index contributed by atoms with van der Waals surface area (Å²) in [7, 11) is 1.64. The van der Waals surface area contributed by atoms with E-state index < -0.39 is 0 Å². The summed E-state index contributed by atoms with van der Waals surface area (Å²) in [5.41, 5.74) is 2.50. The minimum absolute atomic E-state index is 0.0124. The number of hydrogen-bond acceptors (Lipinski definition) is 4. The van der Waals surface area contributed by atoms with E-state index >= 15 is 0 Å². The number of nitriles is 1. The molecule has 2 aromatic carbocycles. The third-order valence-electron chi connectivity index (χ3n) is 3.71. The van der Waals surface area contributed by atoms with Crippen LogP contribution in [0.25, 0.3) is 21.9 Å². The highest BCUT2D eigenvalue weighted by Crippen LogP contribution is 2.38. The van der Waals surface area contributed by atoms with Gasteiger partial charge in [0.1, 0.15) is 5.75 Å². The normalized spacial score (nSPS) is 10.6. The summed E-state index contributed by atoms with van der Waals surface area (Å²) in [6, 6.07) is 15.5. The van der Waals surface area contributed by atoms with Gasteiger partial charge in [0.05, 0.1) is 30.2 Å². The Labute approximate surface area is 141 Å². The highest BCUT2D eigenvalue weighted by Gasteiger charge is 2.15. The number of fused-ring (bicyclic) bond motifs is 1. The molecule has 0 N–H and O–H groups in total. The lowest BCUT2D eigenvalue weighted by Crippen LogP contribution is -2.08. The van der Waals surface area contributed by atoms with Gasteiger partial charge in [0.25, 0.3) is 0 Å². The van der Waals surface area contributed by atoms with Gasteiger partial charge in [-0.1, -0.05) is 24.3 Å². The van der Waals surface area contributed by atoms with Crippen molar-refractivity contribution in [2.75, 3.05) is 7.11 Å². The van der Waals surface area contributed by atoms with E-state index in [2.05, 4.69) is 11.1 Å². The number of ether oxygens (including phenoxy) is 2. The Morgan fingerprint density at radius 2 is 1.92 bits per heavy atom. The SMILES string of the molecule is COc1cccc2c(-c3cccc(C#N)c3)cnc(OC(C)C)c12. The van der Waals surface area contributed by atoms with E-state index in [1.165, 1.54) is 0 Å². The van der Waals surface area contributed by atoms with Crippen molar-refractivity contribution in [3.05, 3.63) is 54.2 Å². The van der Waals surface area contributed by atoms with Crippen LogP contribution in [-0.4, -0.2) is 18.2 Å². The van der Waals surface area contributed by atoms with Gasteiger partial charge in [-0.2, -0.15) is 5.26 Å². The minimum atomic E-state index is 0.0124. The molecule has 4 nitrogen and oxygen atoms in total. The largest absolute Gasteiger partial charge is 0.496 e. The molecule has 0 aliphatic rings. The molecule has 4 heteroatoms. The molecule has 0 amide bonds. The van der Waals surface area contributed by atoms with Crippen LogP contribution in [0, 0.1) is 11.3 Å². The molecule has 3 aromatic rings. The van der Waals surface area contributed by atoms with E-state index in [0.29, 0.717) is 17.2 Å². The van der Waals surface area contributed by atoms with Gasteiger partial charge in [0.2, 0.25) is 5.88 Å². The Balaban J connectivity index is 2.29.